The lowest BCUT2D eigenvalue weighted by atomic mass is 10.3. The highest BCUT2D eigenvalue weighted by Crippen LogP contribution is 2.02. The van der Waals surface area contributed by atoms with E-state index in [-0.39, 0.29) is 38.4 Å². The lowest BCUT2D eigenvalue weighted by molar-refractivity contribution is -0.142. The van der Waals surface area contributed by atoms with Crippen LogP contribution in [0.5, 0.6) is 0 Å². The maximum Gasteiger partial charge on any atom is 0.325 e. The molecule has 10 heteroatoms. The average Bonchev–Trinajstić information content (AvgIpc) is 2.58. The molecule has 0 bridgehead atoms. The first-order valence-electron chi connectivity index (χ1n) is 7.84. The van der Waals surface area contributed by atoms with Gasteiger partial charge in [0.05, 0.1) is 13.2 Å². The number of urea groups is 2. The number of carbonyl (C=O) groups is 4. The third kappa shape index (κ3) is 6.71. The van der Waals surface area contributed by atoms with E-state index in [1.807, 2.05) is 0 Å². The number of hydrogen-bond donors (Lipinski definition) is 2. The van der Waals surface area contributed by atoms with Gasteiger partial charge in [-0.2, -0.15) is 0 Å². The number of ether oxygens (including phenoxy) is 2. The van der Waals surface area contributed by atoms with Gasteiger partial charge in [-0.1, -0.05) is 0 Å². The summed E-state index contributed by atoms with van der Waals surface area (Å²) in [6.45, 7) is 4.85. The molecule has 1 aliphatic heterocycles. The van der Waals surface area contributed by atoms with Gasteiger partial charge in [-0.25, -0.2) is 9.59 Å². The predicted molar refractivity (Wildman–Crippen MR) is 83.2 cm³/mol. The van der Waals surface area contributed by atoms with Crippen molar-refractivity contribution in [1.29, 1.82) is 0 Å². The molecule has 0 aromatic rings. The van der Waals surface area contributed by atoms with E-state index in [9.17, 15) is 19.2 Å². The van der Waals surface area contributed by atoms with Crippen LogP contribution in [0.15, 0.2) is 0 Å². The molecule has 1 heterocycles. The summed E-state index contributed by atoms with van der Waals surface area (Å²) in [6, 6.07) is -0.760. The molecule has 0 aromatic carbocycles. The Kier molecular flexibility index (Phi) is 8.37. The van der Waals surface area contributed by atoms with E-state index in [0.29, 0.717) is 26.2 Å². The Morgan fingerprint density at radius 1 is 0.750 bits per heavy atom. The summed E-state index contributed by atoms with van der Waals surface area (Å²) in [5, 5.41) is 4.93. The van der Waals surface area contributed by atoms with Crippen LogP contribution in [0.2, 0.25) is 0 Å². The summed E-state index contributed by atoms with van der Waals surface area (Å²) in [6.07, 6.45) is 0. The molecule has 0 aliphatic carbocycles. The van der Waals surface area contributed by atoms with E-state index in [0.717, 1.165) is 0 Å². The number of carbonyl (C=O) groups excluding carboxylic acids is 4. The minimum atomic E-state index is -0.497. The number of hydrogen-bond acceptors (Lipinski definition) is 6. The molecule has 0 aromatic heterocycles. The Labute approximate surface area is 140 Å². The van der Waals surface area contributed by atoms with Crippen LogP contribution < -0.4 is 10.6 Å². The van der Waals surface area contributed by atoms with Gasteiger partial charge in [0.15, 0.2) is 0 Å². The van der Waals surface area contributed by atoms with Crippen molar-refractivity contribution in [2.45, 2.75) is 13.8 Å². The van der Waals surface area contributed by atoms with Gasteiger partial charge in [0.25, 0.3) is 0 Å². The molecule has 136 valence electrons. The molecular weight excluding hydrogens is 320 g/mol. The standard InChI is InChI=1S/C14H24N4O6/c1-3-23-11(19)9-15-13(21)17-5-7-18(8-6-17)14(22)16-10-12(20)24-4-2/h3-10H2,1-2H3,(H,15,21)(H,16,22). The number of piperazine rings is 1. The van der Waals surface area contributed by atoms with Crippen LogP contribution in [0.4, 0.5) is 9.59 Å². The van der Waals surface area contributed by atoms with Gasteiger partial charge in [0.1, 0.15) is 13.1 Å². The van der Waals surface area contributed by atoms with Crippen molar-refractivity contribution < 1.29 is 28.7 Å². The summed E-state index contributed by atoms with van der Waals surface area (Å²) < 4.78 is 9.44. The van der Waals surface area contributed by atoms with Gasteiger partial charge < -0.3 is 29.9 Å². The van der Waals surface area contributed by atoms with Crippen LogP contribution >= 0.6 is 0 Å². The highest BCUT2D eigenvalue weighted by atomic mass is 16.5. The normalized spacial score (nSPS) is 13.9. The van der Waals surface area contributed by atoms with Crippen LogP contribution in [0.3, 0.4) is 0 Å². The summed E-state index contributed by atoms with van der Waals surface area (Å²) in [5.41, 5.74) is 0. The van der Waals surface area contributed by atoms with Gasteiger partial charge in [-0.05, 0) is 13.8 Å². The zero-order valence-electron chi connectivity index (χ0n) is 14.0. The van der Waals surface area contributed by atoms with Gasteiger partial charge in [-0.15, -0.1) is 0 Å². The molecule has 1 fully saturated rings. The van der Waals surface area contributed by atoms with E-state index in [1.54, 1.807) is 13.8 Å². The van der Waals surface area contributed by atoms with Crippen LogP contribution in [-0.4, -0.2) is 86.3 Å². The monoisotopic (exact) mass is 344 g/mol. The Morgan fingerprint density at radius 2 is 1.08 bits per heavy atom. The Morgan fingerprint density at radius 3 is 1.38 bits per heavy atom. The van der Waals surface area contributed by atoms with Crippen LogP contribution in [0.25, 0.3) is 0 Å². The van der Waals surface area contributed by atoms with Crippen molar-refractivity contribution in [3.05, 3.63) is 0 Å². The van der Waals surface area contributed by atoms with E-state index in [4.69, 9.17) is 9.47 Å². The molecule has 0 unspecified atom stereocenters. The first-order valence-corrected chi connectivity index (χ1v) is 7.84. The zero-order valence-corrected chi connectivity index (χ0v) is 14.0. The van der Waals surface area contributed by atoms with Crippen molar-refractivity contribution >= 4 is 24.0 Å². The average molecular weight is 344 g/mol. The second kappa shape index (κ2) is 10.3. The summed E-state index contributed by atoms with van der Waals surface area (Å²) in [4.78, 5) is 49.2. The third-order valence-corrected chi connectivity index (χ3v) is 3.23. The second-order valence-electron chi connectivity index (χ2n) is 4.90. The first kappa shape index (κ1) is 19.5. The molecular formula is C14H24N4O6. The quantitative estimate of drug-likeness (QED) is 0.606. The molecule has 24 heavy (non-hydrogen) atoms. The molecule has 1 rings (SSSR count). The molecule has 0 radical (unpaired) electrons. The highest BCUT2D eigenvalue weighted by Gasteiger charge is 2.24. The maximum absolute atomic E-state index is 11.9. The lowest BCUT2D eigenvalue weighted by Gasteiger charge is -2.34. The van der Waals surface area contributed by atoms with Gasteiger partial charge >= 0.3 is 24.0 Å². The van der Waals surface area contributed by atoms with Crippen LogP contribution in [-0.2, 0) is 19.1 Å². The van der Waals surface area contributed by atoms with E-state index in [2.05, 4.69) is 10.6 Å². The molecule has 1 aliphatic rings. The van der Waals surface area contributed by atoms with E-state index < -0.39 is 11.9 Å². The molecule has 4 amide bonds. The Balaban J connectivity index is 2.27. The number of rotatable bonds is 6. The number of amides is 4. The summed E-state index contributed by atoms with van der Waals surface area (Å²) in [7, 11) is 0. The lowest BCUT2D eigenvalue weighted by Crippen LogP contribution is -2.55. The van der Waals surface area contributed by atoms with Crippen molar-refractivity contribution in [3.63, 3.8) is 0 Å². The number of nitrogens with zero attached hydrogens (tertiary/aromatic N) is 2. The van der Waals surface area contributed by atoms with Crippen molar-refractivity contribution in [3.8, 4) is 0 Å². The van der Waals surface area contributed by atoms with E-state index in [1.165, 1.54) is 9.80 Å². The van der Waals surface area contributed by atoms with Gasteiger partial charge in [0, 0.05) is 26.2 Å². The molecule has 0 saturated carbocycles. The molecule has 2 N–H and O–H groups in total. The minimum Gasteiger partial charge on any atom is -0.465 e. The van der Waals surface area contributed by atoms with Crippen LogP contribution in [0.1, 0.15) is 13.8 Å². The van der Waals surface area contributed by atoms with Crippen molar-refractivity contribution in [2.75, 3.05) is 52.5 Å². The predicted octanol–water partition coefficient (Wildman–Crippen LogP) is -0.851. The van der Waals surface area contributed by atoms with E-state index >= 15 is 0 Å². The topological polar surface area (TPSA) is 117 Å². The van der Waals surface area contributed by atoms with Crippen molar-refractivity contribution in [1.82, 2.24) is 20.4 Å². The molecule has 10 nitrogen and oxygen atoms in total. The Hall–Kier alpha value is -2.52. The fourth-order valence-corrected chi connectivity index (χ4v) is 2.06. The smallest absolute Gasteiger partial charge is 0.325 e. The Bertz CT molecular complexity index is 420. The highest BCUT2D eigenvalue weighted by molar-refractivity contribution is 5.82. The molecule has 1 saturated heterocycles. The number of nitrogens with one attached hydrogen (secondary N) is 2. The fraction of sp³-hybridized carbons (Fsp3) is 0.714. The SMILES string of the molecule is CCOC(=O)CNC(=O)N1CCN(C(=O)NCC(=O)OCC)CC1. The van der Waals surface area contributed by atoms with Crippen molar-refractivity contribution in [2.24, 2.45) is 0 Å². The summed E-state index contributed by atoms with van der Waals surface area (Å²) in [5.74, 6) is -0.995. The fourth-order valence-electron chi connectivity index (χ4n) is 2.06. The van der Waals surface area contributed by atoms with Gasteiger partial charge in [-0.3, -0.25) is 9.59 Å². The van der Waals surface area contributed by atoms with Crippen LogP contribution in [0, 0.1) is 0 Å². The molecule has 0 atom stereocenters. The second-order valence-corrected chi connectivity index (χ2v) is 4.90. The summed E-state index contributed by atoms with van der Waals surface area (Å²) >= 11 is 0. The third-order valence-electron chi connectivity index (χ3n) is 3.23. The first-order chi connectivity index (χ1) is 11.5. The minimum absolute atomic E-state index is 0.188. The zero-order chi connectivity index (χ0) is 17.9. The van der Waals surface area contributed by atoms with Gasteiger partial charge in [0.2, 0.25) is 0 Å². The molecule has 0 spiro atoms. The number of esters is 2. The maximum atomic E-state index is 11.9. The largest absolute Gasteiger partial charge is 0.465 e.